The Morgan fingerprint density at radius 1 is 1.00 bits per heavy atom. The van der Waals surface area contributed by atoms with Gasteiger partial charge in [-0.2, -0.15) is 4.31 Å². The smallest absolute Gasteiger partial charge is 0.276 e. The first kappa shape index (κ1) is 22.5. The number of para-hydroxylation sites is 2. The maximum Gasteiger partial charge on any atom is 0.276 e. The minimum Gasteiger partial charge on any atom is -0.441 e. The molecule has 0 atom stereocenters. The SMILES string of the molecule is CCN(CC)S(=O)(=O)c1cccc(-c2nnc(SCCCc3nc4ccccc4o3)o2)c1. The highest BCUT2D eigenvalue weighted by molar-refractivity contribution is 7.99. The monoisotopic (exact) mass is 472 g/mol. The summed E-state index contributed by atoms with van der Waals surface area (Å²) in [6.07, 6.45) is 1.56. The van der Waals surface area contributed by atoms with E-state index in [0.29, 0.717) is 42.1 Å². The van der Waals surface area contributed by atoms with Gasteiger partial charge >= 0.3 is 0 Å². The first-order valence-corrected chi connectivity index (χ1v) is 12.8. The lowest BCUT2D eigenvalue weighted by Gasteiger charge is -2.18. The van der Waals surface area contributed by atoms with Crippen molar-refractivity contribution in [2.75, 3.05) is 18.8 Å². The summed E-state index contributed by atoms with van der Waals surface area (Å²) in [7, 11) is -3.56. The number of oxazole rings is 1. The molecule has 0 aliphatic heterocycles. The Labute approximate surface area is 191 Å². The van der Waals surface area contributed by atoms with Crippen LogP contribution >= 0.6 is 11.8 Å². The van der Waals surface area contributed by atoms with Gasteiger partial charge in [-0.05, 0) is 36.8 Å². The van der Waals surface area contributed by atoms with Crippen molar-refractivity contribution in [1.29, 1.82) is 0 Å². The number of sulfonamides is 1. The average molecular weight is 473 g/mol. The van der Waals surface area contributed by atoms with Crippen LogP contribution in [0.25, 0.3) is 22.6 Å². The maximum absolute atomic E-state index is 12.8. The number of nitrogens with zero attached hydrogens (tertiary/aromatic N) is 4. The van der Waals surface area contributed by atoms with Gasteiger partial charge in [0.05, 0.1) is 4.90 Å². The molecule has 168 valence electrons. The summed E-state index contributed by atoms with van der Waals surface area (Å²) in [6.45, 7) is 4.45. The van der Waals surface area contributed by atoms with Crippen LogP contribution in [0.5, 0.6) is 0 Å². The molecule has 4 aromatic rings. The van der Waals surface area contributed by atoms with E-state index in [1.54, 1.807) is 24.3 Å². The zero-order valence-electron chi connectivity index (χ0n) is 17.9. The van der Waals surface area contributed by atoms with E-state index in [0.717, 1.165) is 23.3 Å². The van der Waals surface area contributed by atoms with Crippen LogP contribution in [0.3, 0.4) is 0 Å². The second kappa shape index (κ2) is 9.85. The van der Waals surface area contributed by atoms with Gasteiger partial charge in [-0.1, -0.05) is 43.8 Å². The van der Waals surface area contributed by atoms with Crippen LogP contribution in [0.2, 0.25) is 0 Å². The van der Waals surface area contributed by atoms with E-state index < -0.39 is 10.0 Å². The Kier molecular flexibility index (Phi) is 6.92. The Bertz CT molecular complexity index is 1260. The van der Waals surface area contributed by atoms with Crippen molar-refractivity contribution in [3.63, 3.8) is 0 Å². The zero-order chi connectivity index (χ0) is 22.6. The van der Waals surface area contributed by atoms with Crippen LogP contribution in [0.15, 0.2) is 67.5 Å². The second-order valence-electron chi connectivity index (χ2n) is 7.02. The first-order chi connectivity index (χ1) is 15.5. The molecule has 0 aliphatic rings. The zero-order valence-corrected chi connectivity index (χ0v) is 19.5. The summed E-state index contributed by atoms with van der Waals surface area (Å²) < 4.78 is 38.4. The van der Waals surface area contributed by atoms with E-state index in [9.17, 15) is 8.42 Å². The molecule has 8 nitrogen and oxygen atoms in total. The third-order valence-electron chi connectivity index (χ3n) is 4.93. The van der Waals surface area contributed by atoms with E-state index in [-0.39, 0.29) is 4.90 Å². The number of hydrogen-bond acceptors (Lipinski definition) is 8. The van der Waals surface area contributed by atoms with Gasteiger partial charge in [0.2, 0.25) is 15.9 Å². The summed E-state index contributed by atoms with van der Waals surface area (Å²) in [5.41, 5.74) is 2.23. The molecular weight excluding hydrogens is 448 g/mol. The quantitative estimate of drug-likeness (QED) is 0.243. The Hall–Kier alpha value is -2.69. The largest absolute Gasteiger partial charge is 0.441 e. The van der Waals surface area contributed by atoms with Gasteiger partial charge in [-0.3, -0.25) is 0 Å². The normalized spacial score (nSPS) is 12.1. The molecule has 0 N–H and O–H groups in total. The van der Waals surface area contributed by atoms with Crippen LogP contribution < -0.4 is 0 Å². The lowest BCUT2D eigenvalue weighted by atomic mass is 10.2. The van der Waals surface area contributed by atoms with Gasteiger partial charge in [-0.15, -0.1) is 10.2 Å². The number of thioether (sulfide) groups is 1. The van der Waals surface area contributed by atoms with Crippen molar-refractivity contribution < 1.29 is 17.3 Å². The Morgan fingerprint density at radius 3 is 2.59 bits per heavy atom. The van der Waals surface area contributed by atoms with Crippen molar-refractivity contribution in [2.24, 2.45) is 0 Å². The summed E-state index contributed by atoms with van der Waals surface area (Å²) in [6, 6.07) is 14.3. The summed E-state index contributed by atoms with van der Waals surface area (Å²) in [5, 5.41) is 8.60. The summed E-state index contributed by atoms with van der Waals surface area (Å²) in [4.78, 5) is 4.69. The molecule has 0 amide bonds. The molecule has 0 spiro atoms. The minimum absolute atomic E-state index is 0.212. The van der Waals surface area contributed by atoms with Gasteiger partial charge in [0.1, 0.15) is 5.52 Å². The van der Waals surface area contributed by atoms with Crippen LogP contribution in [-0.4, -0.2) is 46.7 Å². The number of fused-ring (bicyclic) bond motifs is 1. The highest BCUT2D eigenvalue weighted by Gasteiger charge is 2.22. The third kappa shape index (κ3) is 4.87. The molecule has 0 bridgehead atoms. The van der Waals surface area contributed by atoms with Gasteiger partial charge < -0.3 is 8.83 Å². The molecule has 10 heteroatoms. The lowest BCUT2D eigenvalue weighted by Crippen LogP contribution is -2.30. The number of hydrogen-bond donors (Lipinski definition) is 0. The van der Waals surface area contributed by atoms with E-state index in [1.165, 1.54) is 16.1 Å². The fourth-order valence-corrected chi connectivity index (χ4v) is 5.50. The predicted molar refractivity (Wildman–Crippen MR) is 123 cm³/mol. The molecular formula is C22H24N4O4S2. The highest BCUT2D eigenvalue weighted by Crippen LogP contribution is 2.27. The highest BCUT2D eigenvalue weighted by atomic mass is 32.2. The van der Waals surface area contributed by atoms with Crippen molar-refractivity contribution in [3.05, 3.63) is 54.4 Å². The molecule has 0 radical (unpaired) electrons. The molecule has 2 aromatic heterocycles. The molecule has 0 fully saturated rings. The van der Waals surface area contributed by atoms with Gasteiger partial charge in [-0.25, -0.2) is 13.4 Å². The molecule has 0 aliphatic carbocycles. The van der Waals surface area contributed by atoms with E-state index in [1.807, 2.05) is 38.1 Å². The van der Waals surface area contributed by atoms with E-state index in [2.05, 4.69) is 15.2 Å². The first-order valence-electron chi connectivity index (χ1n) is 10.4. The molecule has 4 rings (SSSR count). The number of aryl methyl sites for hydroxylation is 1. The van der Waals surface area contributed by atoms with Crippen molar-refractivity contribution in [1.82, 2.24) is 19.5 Å². The average Bonchev–Trinajstić information content (AvgIpc) is 3.44. The molecule has 0 saturated carbocycles. The van der Waals surface area contributed by atoms with Crippen molar-refractivity contribution >= 4 is 32.9 Å². The predicted octanol–water partition coefficient (Wildman–Crippen LogP) is 4.63. The molecule has 0 unspecified atom stereocenters. The van der Waals surface area contributed by atoms with Crippen LogP contribution in [0, 0.1) is 0 Å². The minimum atomic E-state index is -3.56. The third-order valence-corrected chi connectivity index (χ3v) is 7.88. The van der Waals surface area contributed by atoms with Crippen LogP contribution in [0.1, 0.15) is 26.2 Å². The maximum atomic E-state index is 12.8. The fourth-order valence-electron chi connectivity index (χ4n) is 3.30. The summed E-state index contributed by atoms with van der Waals surface area (Å²) in [5.74, 6) is 1.77. The number of benzene rings is 2. The fraction of sp³-hybridized carbons (Fsp3) is 0.318. The second-order valence-corrected chi connectivity index (χ2v) is 10.0. The molecule has 2 aromatic carbocycles. The standard InChI is InChI=1S/C22H24N4O4S2/c1-3-26(4-2)32(27,28)17-10-7-9-16(15-17)21-24-25-22(30-21)31-14-8-13-20-23-18-11-5-6-12-19(18)29-20/h5-7,9-12,15H,3-4,8,13-14H2,1-2H3. The van der Waals surface area contributed by atoms with Crippen molar-refractivity contribution in [2.45, 2.75) is 36.8 Å². The van der Waals surface area contributed by atoms with E-state index in [4.69, 9.17) is 8.83 Å². The van der Waals surface area contributed by atoms with Gasteiger partial charge in [0, 0.05) is 30.8 Å². The van der Waals surface area contributed by atoms with Crippen LogP contribution in [0.4, 0.5) is 0 Å². The summed E-state index contributed by atoms with van der Waals surface area (Å²) >= 11 is 1.45. The molecule has 2 heterocycles. The number of aromatic nitrogens is 3. The van der Waals surface area contributed by atoms with Gasteiger partial charge in [0.25, 0.3) is 5.22 Å². The lowest BCUT2D eigenvalue weighted by molar-refractivity contribution is 0.445. The molecule has 32 heavy (non-hydrogen) atoms. The number of rotatable bonds is 10. The van der Waals surface area contributed by atoms with E-state index >= 15 is 0 Å². The topological polar surface area (TPSA) is 102 Å². The van der Waals surface area contributed by atoms with Gasteiger partial charge in [0.15, 0.2) is 11.5 Å². The molecule has 0 saturated heterocycles. The van der Waals surface area contributed by atoms with Crippen LogP contribution in [-0.2, 0) is 16.4 Å². The Morgan fingerprint density at radius 2 is 1.81 bits per heavy atom. The Balaban J connectivity index is 1.37. The van der Waals surface area contributed by atoms with Crippen molar-refractivity contribution in [3.8, 4) is 11.5 Å².